The van der Waals surface area contributed by atoms with Gasteiger partial charge >= 0.3 is 0 Å². The van der Waals surface area contributed by atoms with Crippen LogP contribution in [0.2, 0.25) is 0 Å². The highest BCUT2D eigenvalue weighted by atomic mass is 32.1. The minimum absolute atomic E-state index is 0.231. The number of rotatable bonds is 5. The molecule has 2 N–H and O–H groups in total. The van der Waals surface area contributed by atoms with Crippen molar-refractivity contribution in [2.45, 2.75) is 57.0 Å². The molecule has 0 aliphatic heterocycles. The number of thiophene rings is 1. The monoisotopic (exact) mass is 292 g/mol. The van der Waals surface area contributed by atoms with Gasteiger partial charge in [0.2, 0.25) is 0 Å². The van der Waals surface area contributed by atoms with Crippen molar-refractivity contribution in [2.24, 2.45) is 17.6 Å². The van der Waals surface area contributed by atoms with Gasteiger partial charge in [0.05, 0.1) is 0 Å². The lowest BCUT2D eigenvalue weighted by molar-refractivity contribution is 0.0251. The standard InChI is InChI=1S/C17H28N2S/c1-13(16-6-4-10-20-16)19(2)17(12-18)9-3-5-15(11-17)14-7-8-14/h4,6,10,13-15H,3,5,7-9,11-12,18H2,1-2H3. The average Bonchev–Trinajstić information content (AvgIpc) is 3.20. The quantitative estimate of drug-likeness (QED) is 0.887. The molecule has 2 saturated carbocycles. The summed E-state index contributed by atoms with van der Waals surface area (Å²) in [5.41, 5.74) is 6.51. The maximum absolute atomic E-state index is 6.27. The molecule has 2 aliphatic carbocycles. The number of hydrogen-bond donors (Lipinski definition) is 1. The van der Waals surface area contributed by atoms with Gasteiger partial charge in [-0.15, -0.1) is 11.3 Å². The molecule has 0 bridgehead atoms. The van der Waals surface area contributed by atoms with Gasteiger partial charge in [-0.25, -0.2) is 0 Å². The summed E-state index contributed by atoms with van der Waals surface area (Å²) in [4.78, 5) is 4.06. The summed E-state index contributed by atoms with van der Waals surface area (Å²) in [5.74, 6) is 1.96. The van der Waals surface area contributed by atoms with E-state index in [1.54, 1.807) is 0 Å². The molecule has 3 atom stereocenters. The lowest BCUT2D eigenvalue weighted by Gasteiger charge is -2.49. The van der Waals surface area contributed by atoms with Gasteiger partial charge in [0.1, 0.15) is 0 Å². The van der Waals surface area contributed by atoms with E-state index in [9.17, 15) is 0 Å². The Bertz CT molecular complexity index is 426. The first-order valence-electron chi connectivity index (χ1n) is 8.13. The Labute approximate surface area is 127 Å². The van der Waals surface area contributed by atoms with E-state index in [1.807, 2.05) is 11.3 Å². The topological polar surface area (TPSA) is 29.3 Å². The van der Waals surface area contributed by atoms with Crippen molar-refractivity contribution in [1.29, 1.82) is 0 Å². The molecule has 3 rings (SSSR count). The minimum Gasteiger partial charge on any atom is -0.329 e. The van der Waals surface area contributed by atoms with Crippen molar-refractivity contribution in [1.82, 2.24) is 4.90 Å². The molecule has 0 saturated heterocycles. The molecule has 2 aliphatic rings. The van der Waals surface area contributed by atoms with Gasteiger partial charge in [-0.2, -0.15) is 0 Å². The zero-order valence-electron chi connectivity index (χ0n) is 12.8. The molecule has 3 unspecified atom stereocenters. The second kappa shape index (κ2) is 5.78. The van der Waals surface area contributed by atoms with Gasteiger partial charge in [0.25, 0.3) is 0 Å². The van der Waals surface area contributed by atoms with Gasteiger partial charge < -0.3 is 5.73 Å². The minimum atomic E-state index is 0.231. The third kappa shape index (κ3) is 2.68. The molecule has 0 aromatic carbocycles. The SMILES string of the molecule is CC(c1cccs1)N(C)C1(CN)CCCC(C2CC2)C1. The van der Waals surface area contributed by atoms with Crippen LogP contribution in [0.5, 0.6) is 0 Å². The lowest BCUT2D eigenvalue weighted by atomic mass is 9.72. The number of hydrogen-bond acceptors (Lipinski definition) is 3. The Morgan fingerprint density at radius 2 is 2.20 bits per heavy atom. The van der Waals surface area contributed by atoms with E-state index in [1.165, 1.54) is 43.4 Å². The smallest absolute Gasteiger partial charge is 0.0416 e. The predicted octanol–water partition coefficient (Wildman–Crippen LogP) is 4.04. The predicted molar refractivity (Wildman–Crippen MR) is 87.0 cm³/mol. The molecule has 112 valence electrons. The Morgan fingerprint density at radius 1 is 1.40 bits per heavy atom. The summed E-state index contributed by atoms with van der Waals surface area (Å²) < 4.78 is 0. The first-order valence-corrected chi connectivity index (χ1v) is 9.01. The van der Waals surface area contributed by atoms with Crippen LogP contribution >= 0.6 is 11.3 Å². The van der Waals surface area contributed by atoms with Crippen molar-refractivity contribution in [3.63, 3.8) is 0 Å². The lowest BCUT2D eigenvalue weighted by Crippen LogP contribution is -2.55. The van der Waals surface area contributed by atoms with Crippen LogP contribution in [-0.2, 0) is 0 Å². The molecule has 0 spiro atoms. The van der Waals surface area contributed by atoms with E-state index in [2.05, 4.69) is 36.4 Å². The van der Waals surface area contributed by atoms with E-state index in [4.69, 9.17) is 5.73 Å². The third-order valence-electron chi connectivity index (χ3n) is 5.81. The Balaban J connectivity index is 1.76. The molecule has 20 heavy (non-hydrogen) atoms. The molecule has 1 heterocycles. The van der Waals surface area contributed by atoms with Crippen LogP contribution in [0.3, 0.4) is 0 Å². The number of nitrogens with two attached hydrogens (primary N) is 1. The fourth-order valence-corrected chi connectivity index (χ4v) is 4.96. The molecular formula is C17H28N2S. The Morgan fingerprint density at radius 3 is 2.80 bits per heavy atom. The van der Waals surface area contributed by atoms with Crippen molar-refractivity contribution >= 4 is 11.3 Å². The second-order valence-electron chi connectivity index (χ2n) is 6.92. The molecule has 2 fully saturated rings. The summed E-state index contributed by atoms with van der Waals surface area (Å²) in [6.07, 6.45) is 8.33. The highest BCUT2D eigenvalue weighted by molar-refractivity contribution is 7.10. The van der Waals surface area contributed by atoms with Crippen molar-refractivity contribution < 1.29 is 0 Å². The van der Waals surface area contributed by atoms with Gasteiger partial charge in [0, 0.05) is 23.0 Å². The van der Waals surface area contributed by atoms with Gasteiger partial charge in [0.15, 0.2) is 0 Å². The first-order chi connectivity index (χ1) is 9.66. The molecule has 2 nitrogen and oxygen atoms in total. The third-order valence-corrected chi connectivity index (χ3v) is 6.85. The van der Waals surface area contributed by atoms with Crippen LogP contribution in [0, 0.1) is 11.8 Å². The summed E-state index contributed by atoms with van der Waals surface area (Å²) in [6, 6.07) is 4.90. The van der Waals surface area contributed by atoms with Gasteiger partial charge in [-0.1, -0.05) is 18.9 Å². The van der Waals surface area contributed by atoms with Crippen LogP contribution < -0.4 is 5.73 Å². The van der Waals surface area contributed by atoms with Crippen LogP contribution in [0.1, 0.15) is 56.4 Å². The zero-order chi connectivity index (χ0) is 14.2. The summed E-state index contributed by atoms with van der Waals surface area (Å²) >= 11 is 1.87. The fraction of sp³-hybridized carbons (Fsp3) is 0.765. The largest absolute Gasteiger partial charge is 0.329 e. The van der Waals surface area contributed by atoms with Crippen molar-refractivity contribution in [3.8, 4) is 0 Å². The van der Waals surface area contributed by atoms with Gasteiger partial charge in [-0.05, 0) is 62.9 Å². The van der Waals surface area contributed by atoms with Gasteiger partial charge in [-0.3, -0.25) is 4.90 Å². The van der Waals surface area contributed by atoms with E-state index in [0.717, 1.165) is 18.4 Å². The molecule has 3 heteroatoms. The Kier molecular flexibility index (Phi) is 4.21. The van der Waals surface area contributed by atoms with E-state index >= 15 is 0 Å². The molecule has 1 aromatic rings. The first kappa shape index (κ1) is 14.6. The van der Waals surface area contributed by atoms with E-state index < -0.39 is 0 Å². The van der Waals surface area contributed by atoms with Crippen LogP contribution in [0.15, 0.2) is 17.5 Å². The van der Waals surface area contributed by atoms with Crippen LogP contribution in [0.4, 0.5) is 0 Å². The number of nitrogens with zero attached hydrogens (tertiary/aromatic N) is 1. The molecular weight excluding hydrogens is 264 g/mol. The highest BCUT2D eigenvalue weighted by Gasteiger charge is 2.44. The van der Waals surface area contributed by atoms with E-state index in [-0.39, 0.29) is 5.54 Å². The van der Waals surface area contributed by atoms with E-state index in [0.29, 0.717) is 6.04 Å². The molecule has 1 aromatic heterocycles. The Hall–Kier alpha value is -0.380. The number of likely N-dealkylation sites (N-methyl/N-ethyl adjacent to an activating group) is 1. The van der Waals surface area contributed by atoms with Crippen LogP contribution in [0.25, 0.3) is 0 Å². The highest BCUT2D eigenvalue weighted by Crippen LogP contribution is 2.49. The van der Waals surface area contributed by atoms with Crippen molar-refractivity contribution in [3.05, 3.63) is 22.4 Å². The normalized spacial score (nSPS) is 32.5. The second-order valence-corrected chi connectivity index (χ2v) is 7.90. The zero-order valence-corrected chi connectivity index (χ0v) is 13.7. The van der Waals surface area contributed by atoms with Crippen molar-refractivity contribution in [2.75, 3.05) is 13.6 Å². The summed E-state index contributed by atoms with van der Waals surface area (Å²) in [5, 5.41) is 2.18. The summed E-state index contributed by atoms with van der Waals surface area (Å²) in [7, 11) is 2.30. The molecule has 0 radical (unpaired) electrons. The maximum atomic E-state index is 6.27. The fourth-order valence-electron chi connectivity index (χ4n) is 4.14. The van der Waals surface area contributed by atoms with Crippen LogP contribution in [-0.4, -0.2) is 24.0 Å². The summed E-state index contributed by atoms with van der Waals surface area (Å²) in [6.45, 7) is 3.15. The molecule has 0 amide bonds. The average molecular weight is 292 g/mol. The maximum Gasteiger partial charge on any atom is 0.0416 e.